The quantitative estimate of drug-likeness (QED) is 0.521. The summed E-state index contributed by atoms with van der Waals surface area (Å²) < 4.78 is 0. The van der Waals surface area contributed by atoms with Crippen molar-refractivity contribution in [1.29, 1.82) is 0 Å². The van der Waals surface area contributed by atoms with Gasteiger partial charge < -0.3 is 16.2 Å². The van der Waals surface area contributed by atoms with Gasteiger partial charge in [0.1, 0.15) is 0 Å². The molecular formula is C11H24N2O2. The molecular weight excluding hydrogens is 192 g/mol. The number of aliphatic hydroxyl groups is 1. The van der Waals surface area contributed by atoms with Crippen LogP contribution in [0.5, 0.6) is 0 Å². The number of aliphatic hydroxyl groups excluding tert-OH is 1. The summed E-state index contributed by atoms with van der Waals surface area (Å²) >= 11 is 0. The van der Waals surface area contributed by atoms with E-state index < -0.39 is 0 Å². The predicted molar refractivity (Wildman–Crippen MR) is 61.4 cm³/mol. The highest BCUT2D eigenvalue weighted by molar-refractivity contribution is 5.81. The van der Waals surface area contributed by atoms with E-state index in [1.54, 1.807) is 0 Å². The van der Waals surface area contributed by atoms with Gasteiger partial charge in [0.25, 0.3) is 0 Å². The third-order valence-electron chi connectivity index (χ3n) is 2.42. The number of amides is 1. The van der Waals surface area contributed by atoms with E-state index in [0.29, 0.717) is 12.5 Å². The molecule has 0 heterocycles. The van der Waals surface area contributed by atoms with E-state index >= 15 is 0 Å². The van der Waals surface area contributed by atoms with Crippen LogP contribution in [0.2, 0.25) is 0 Å². The van der Waals surface area contributed by atoms with E-state index in [2.05, 4.69) is 5.32 Å². The Kier molecular flexibility index (Phi) is 8.33. The van der Waals surface area contributed by atoms with Crippen LogP contribution in [0.15, 0.2) is 0 Å². The number of carbonyl (C=O) groups is 1. The molecule has 0 spiro atoms. The molecule has 0 aliphatic carbocycles. The Morgan fingerprint density at radius 3 is 2.67 bits per heavy atom. The van der Waals surface area contributed by atoms with Gasteiger partial charge in [0.15, 0.2) is 0 Å². The molecule has 4 nitrogen and oxygen atoms in total. The van der Waals surface area contributed by atoms with Gasteiger partial charge >= 0.3 is 0 Å². The van der Waals surface area contributed by atoms with Crippen LogP contribution in [0.4, 0.5) is 0 Å². The summed E-state index contributed by atoms with van der Waals surface area (Å²) in [4.78, 5) is 11.4. The van der Waals surface area contributed by atoms with Crippen molar-refractivity contribution in [3.63, 3.8) is 0 Å². The Hall–Kier alpha value is -0.610. The second-order valence-corrected chi connectivity index (χ2v) is 4.12. The molecule has 0 saturated heterocycles. The van der Waals surface area contributed by atoms with Crippen LogP contribution in [0.25, 0.3) is 0 Å². The minimum atomic E-state index is -0.370. The lowest BCUT2D eigenvalue weighted by molar-refractivity contribution is -0.122. The highest BCUT2D eigenvalue weighted by atomic mass is 16.3. The fourth-order valence-electron chi connectivity index (χ4n) is 1.33. The SMILES string of the molecule is CCCC(N)C(=O)NCCCC(C)CO. The topological polar surface area (TPSA) is 75.4 Å². The van der Waals surface area contributed by atoms with Crippen molar-refractivity contribution in [3.8, 4) is 0 Å². The molecule has 0 bridgehead atoms. The van der Waals surface area contributed by atoms with Crippen molar-refractivity contribution in [3.05, 3.63) is 0 Å². The zero-order valence-electron chi connectivity index (χ0n) is 9.83. The molecule has 0 fully saturated rings. The third-order valence-corrected chi connectivity index (χ3v) is 2.42. The molecule has 90 valence electrons. The second kappa shape index (κ2) is 8.68. The number of hydrogen-bond donors (Lipinski definition) is 3. The highest BCUT2D eigenvalue weighted by Gasteiger charge is 2.10. The average Bonchev–Trinajstić information content (AvgIpc) is 2.23. The van der Waals surface area contributed by atoms with Crippen molar-refractivity contribution in [2.24, 2.45) is 11.7 Å². The van der Waals surface area contributed by atoms with Crippen LogP contribution in [-0.2, 0) is 4.79 Å². The summed E-state index contributed by atoms with van der Waals surface area (Å²) in [7, 11) is 0. The normalized spacial score (nSPS) is 14.7. The molecule has 1 amide bonds. The Morgan fingerprint density at radius 2 is 2.13 bits per heavy atom. The van der Waals surface area contributed by atoms with Gasteiger partial charge in [0, 0.05) is 13.2 Å². The number of rotatable bonds is 8. The Morgan fingerprint density at radius 1 is 1.47 bits per heavy atom. The lowest BCUT2D eigenvalue weighted by atomic mass is 10.1. The van der Waals surface area contributed by atoms with Crippen LogP contribution in [0, 0.1) is 5.92 Å². The number of nitrogens with two attached hydrogens (primary N) is 1. The first kappa shape index (κ1) is 14.4. The molecule has 0 aliphatic rings. The highest BCUT2D eigenvalue weighted by Crippen LogP contribution is 2.02. The first-order chi connectivity index (χ1) is 7.11. The molecule has 15 heavy (non-hydrogen) atoms. The van der Waals surface area contributed by atoms with E-state index in [1.165, 1.54) is 0 Å². The summed E-state index contributed by atoms with van der Waals surface area (Å²) in [5.41, 5.74) is 5.64. The molecule has 0 aliphatic heterocycles. The minimum absolute atomic E-state index is 0.0616. The van der Waals surface area contributed by atoms with Crippen LogP contribution >= 0.6 is 0 Å². The van der Waals surface area contributed by atoms with Crippen LogP contribution in [0.3, 0.4) is 0 Å². The molecule has 0 rings (SSSR count). The molecule has 4 heteroatoms. The van der Waals surface area contributed by atoms with Gasteiger partial charge in [-0.3, -0.25) is 4.79 Å². The predicted octanol–water partition coefficient (Wildman–Crippen LogP) is 0.639. The Labute approximate surface area is 92.2 Å². The van der Waals surface area contributed by atoms with Gasteiger partial charge in [-0.15, -0.1) is 0 Å². The monoisotopic (exact) mass is 216 g/mol. The Balaban J connectivity index is 3.46. The maximum Gasteiger partial charge on any atom is 0.236 e. The molecule has 0 saturated carbocycles. The van der Waals surface area contributed by atoms with Crippen LogP contribution in [-0.4, -0.2) is 30.2 Å². The zero-order chi connectivity index (χ0) is 11.7. The van der Waals surface area contributed by atoms with Gasteiger partial charge in [0.05, 0.1) is 6.04 Å². The third kappa shape index (κ3) is 7.33. The molecule has 2 unspecified atom stereocenters. The molecule has 0 aromatic heterocycles. The van der Waals surface area contributed by atoms with Crippen LogP contribution < -0.4 is 11.1 Å². The van der Waals surface area contributed by atoms with Crippen molar-refractivity contribution in [2.45, 2.75) is 45.6 Å². The van der Waals surface area contributed by atoms with Crippen molar-refractivity contribution >= 4 is 5.91 Å². The van der Waals surface area contributed by atoms with E-state index in [4.69, 9.17) is 10.8 Å². The number of nitrogens with one attached hydrogen (secondary N) is 1. The number of carbonyl (C=O) groups excluding carboxylic acids is 1. The number of hydrogen-bond acceptors (Lipinski definition) is 3. The standard InChI is InChI=1S/C11H24N2O2/c1-3-5-10(12)11(15)13-7-4-6-9(2)8-14/h9-10,14H,3-8,12H2,1-2H3,(H,13,15). The summed E-state index contributed by atoms with van der Waals surface area (Å²) in [6.07, 6.45) is 3.49. The summed E-state index contributed by atoms with van der Waals surface area (Å²) in [6, 6.07) is -0.370. The summed E-state index contributed by atoms with van der Waals surface area (Å²) in [5.74, 6) is 0.250. The first-order valence-electron chi connectivity index (χ1n) is 5.76. The van der Waals surface area contributed by atoms with Gasteiger partial charge in [0.2, 0.25) is 5.91 Å². The van der Waals surface area contributed by atoms with Crippen molar-refractivity contribution in [1.82, 2.24) is 5.32 Å². The smallest absolute Gasteiger partial charge is 0.236 e. The maximum atomic E-state index is 11.4. The lowest BCUT2D eigenvalue weighted by Gasteiger charge is -2.12. The van der Waals surface area contributed by atoms with E-state index in [0.717, 1.165) is 25.7 Å². The van der Waals surface area contributed by atoms with E-state index in [1.807, 2.05) is 13.8 Å². The van der Waals surface area contributed by atoms with Crippen molar-refractivity contribution < 1.29 is 9.90 Å². The first-order valence-corrected chi connectivity index (χ1v) is 5.76. The van der Waals surface area contributed by atoms with Gasteiger partial charge in [-0.1, -0.05) is 20.3 Å². The second-order valence-electron chi connectivity index (χ2n) is 4.12. The fraction of sp³-hybridized carbons (Fsp3) is 0.909. The maximum absolute atomic E-state index is 11.4. The van der Waals surface area contributed by atoms with Crippen molar-refractivity contribution in [2.75, 3.05) is 13.2 Å². The average molecular weight is 216 g/mol. The molecule has 2 atom stereocenters. The van der Waals surface area contributed by atoms with Gasteiger partial charge in [-0.2, -0.15) is 0 Å². The molecule has 0 aromatic carbocycles. The summed E-state index contributed by atoms with van der Waals surface area (Å²) in [5, 5.41) is 11.6. The molecule has 4 N–H and O–H groups in total. The van der Waals surface area contributed by atoms with E-state index in [-0.39, 0.29) is 18.6 Å². The fourth-order valence-corrected chi connectivity index (χ4v) is 1.33. The zero-order valence-corrected chi connectivity index (χ0v) is 9.83. The lowest BCUT2D eigenvalue weighted by Crippen LogP contribution is -2.40. The largest absolute Gasteiger partial charge is 0.396 e. The Bertz CT molecular complexity index is 174. The minimum Gasteiger partial charge on any atom is -0.396 e. The van der Waals surface area contributed by atoms with Gasteiger partial charge in [-0.25, -0.2) is 0 Å². The molecule has 0 aromatic rings. The molecule has 0 radical (unpaired) electrons. The summed E-state index contributed by atoms with van der Waals surface area (Å²) in [6.45, 7) is 4.87. The van der Waals surface area contributed by atoms with Crippen LogP contribution in [0.1, 0.15) is 39.5 Å². The van der Waals surface area contributed by atoms with Gasteiger partial charge in [-0.05, 0) is 25.2 Å². The van der Waals surface area contributed by atoms with E-state index in [9.17, 15) is 4.79 Å².